The fourth-order valence-corrected chi connectivity index (χ4v) is 5.19. The topological polar surface area (TPSA) is 59.1 Å². The summed E-state index contributed by atoms with van der Waals surface area (Å²) in [4.78, 5) is 28.9. The molecule has 36 heavy (non-hydrogen) atoms. The van der Waals surface area contributed by atoms with Crippen LogP contribution in [0.25, 0.3) is 0 Å². The number of carbonyl (C=O) groups is 2. The highest BCUT2D eigenvalue weighted by molar-refractivity contribution is 5.85. The van der Waals surface area contributed by atoms with Crippen molar-refractivity contribution in [2.45, 2.75) is 50.6 Å². The van der Waals surface area contributed by atoms with Crippen molar-refractivity contribution in [2.24, 2.45) is 0 Å². The molecule has 2 atom stereocenters. The maximum Gasteiger partial charge on any atom is 0.306 e. The first-order chi connectivity index (χ1) is 16.7. The Kier molecular flexibility index (Phi) is 13.3. The molecule has 0 bridgehead atoms. The molecule has 0 amide bonds. The monoisotopic (exact) mass is 536 g/mol. The highest BCUT2D eigenvalue weighted by Crippen LogP contribution is 2.32. The molecule has 8 heteroatoms. The number of ether oxygens (including phenoxy) is 2. The Hall–Kier alpha value is -2.12. The fourth-order valence-electron chi connectivity index (χ4n) is 5.19. The number of hydrogen-bond acceptors (Lipinski definition) is 6. The van der Waals surface area contributed by atoms with Crippen LogP contribution >= 0.6 is 24.8 Å². The Morgan fingerprint density at radius 2 is 1.06 bits per heavy atom. The van der Waals surface area contributed by atoms with Gasteiger partial charge in [0, 0.05) is 25.2 Å². The van der Waals surface area contributed by atoms with Gasteiger partial charge >= 0.3 is 11.9 Å². The molecule has 0 N–H and O–H groups in total. The number of nitrogens with zero attached hydrogens (tertiary/aromatic N) is 2. The molecular formula is C28H38Cl2N2O4. The molecule has 2 aliphatic rings. The van der Waals surface area contributed by atoms with E-state index >= 15 is 0 Å². The third-order valence-electron chi connectivity index (χ3n) is 6.91. The maximum atomic E-state index is 12.1. The van der Waals surface area contributed by atoms with E-state index in [-0.39, 0.29) is 49.6 Å². The van der Waals surface area contributed by atoms with Crippen LogP contribution in [0.15, 0.2) is 60.7 Å². The van der Waals surface area contributed by atoms with Crippen molar-refractivity contribution in [3.63, 3.8) is 0 Å². The molecule has 2 unspecified atom stereocenters. The van der Waals surface area contributed by atoms with Gasteiger partial charge < -0.3 is 9.47 Å². The molecule has 0 aromatic heterocycles. The van der Waals surface area contributed by atoms with Crippen LogP contribution in [0.3, 0.4) is 0 Å². The van der Waals surface area contributed by atoms with Crippen LogP contribution in [0, 0.1) is 0 Å². The minimum Gasteiger partial charge on any atom is -0.464 e. The molecule has 2 aliphatic heterocycles. The van der Waals surface area contributed by atoms with Crippen molar-refractivity contribution in [1.29, 1.82) is 0 Å². The summed E-state index contributed by atoms with van der Waals surface area (Å²) in [6.45, 7) is 4.18. The van der Waals surface area contributed by atoms with E-state index in [2.05, 4.69) is 58.3 Å². The Morgan fingerprint density at radius 3 is 1.44 bits per heavy atom. The second-order valence-electron chi connectivity index (χ2n) is 9.15. The number of carbonyl (C=O) groups excluding carboxylic acids is 2. The molecule has 4 rings (SSSR count). The number of rotatable bonds is 11. The number of esters is 2. The Labute approximate surface area is 227 Å². The van der Waals surface area contributed by atoms with Gasteiger partial charge in [-0.3, -0.25) is 19.4 Å². The first-order valence-corrected chi connectivity index (χ1v) is 12.6. The van der Waals surface area contributed by atoms with Crippen LogP contribution in [0.5, 0.6) is 0 Å². The molecular weight excluding hydrogens is 499 g/mol. The van der Waals surface area contributed by atoms with Crippen molar-refractivity contribution in [3.05, 3.63) is 71.8 Å². The SMILES string of the molecule is Cl.Cl.O=C(CCC(=O)OCCN1CCCC1c1ccccc1)OCCN1CCCC1c1ccccc1. The third kappa shape index (κ3) is 8.77. The van der Waals surface area contributed by atoms with Crippen LogP contribution in [0.2, 0.25) is 0 Å². The summed E-state index contributed by atoms with van der Waals surface area (Å²) >= 11 is 0. The van der Waals surface area contributed by atoms with Crippen LogP contribution in [-0.2, 0) is 19.1 Å². The lowest BCUT2D eigenvalue weighted by molar-refractivity contribution is -0.150. The van der Waals surface area contributed by atoms with Gasteiger partial charge in [-0.15, -0.1) is 24.8 Å². The summed E-state index contributed by atoms with van der Waals surface area (Å²) in [5.41, 5.74) is 2.64. The second-order valence-corrected chi connectivity index (χ2v) is 9.15. The van der Waals surface area contributed by atoms with Crippen LogP contribution < -0.4 is 0 Å². The van der Waals surface area contributed by atoms with Gasteiger partial charge in [0.2, 0.25) is 0 Å². The summed E-state index contributed by atoms with van der Waals surface area (Å²) in [6.07, 6.45) is 4.71. The highest BCUT2D eigenvalue weighted by atomic mass is 35.5. The summed E-state index contributed by atoms with van der Waals surface area (Å²) in [7, 11) is 0. The molecule has 0 radical (unpaired) electrons. The van der Waals surface area contributed by atoms with E-state index in [1.54, 1.807) is 0 Å². The number of halogens is 2. The van der Waals surface area contributed by atoms with Gasteiger partial charge in [0.15, 0.2) is 0 Å². The molecule has 0 spiro atoms. The van der Waals surface area contributed by atoms with E-state index in [0.29, 0.717) is 38.4 Å². The molecule has 0 aliphatic carbocycles. The lowest BCUT2D eigenvalue weighted by Gasteiger charge is -2.24. The van der Waals surface area contributed by atoms with Gasteiger partial charge in [0.05, 0.1) is 12.8 Å². The van der Waals surface area contributed by atoms with Crippen LogP contribution in [0.1, 0.15) is 61.7 Å². The zero-order chi connectivity index (χ0) is 23.6. The second kappa shape index (κ2) is 15.9. The largest absolute Gasteiger partial charge is 0.464 e. The fraction of sp³-hybridized carbons (Fsp3) is 0.500. The summed E-state index contributed by atoms with van der Waals surface area (Å²) in [6, 6.07) is 21.8. The third-order valence-corrected chi connectivity index (χ3v) is 6.91. The molecule has 198 valence electrons. The molecule has 2 saturated heterocycles. The Bertz CT molecular complexity index is 841. The van der Waals surface area contributed by atoms with Crippen molar-refractivity contribution < 1.29 is 19.1 Å². The minimum absolute atomic E-state index is 0. The number of benzene rings is 2. The van der Waals surface area contributed by atoms with Crippen molar-refractivity contribution in [3.8, 4) is 0 Å². The van der Waals surface area contributed by atoms with Crippen molar-refractivity contribution in [1.82, 2.24) is 9.80 Å². The molecule has 2 heterocycles. The summed E-state index contributed by atoms with van der Waals surface area (Å²) < 4.78 is 10.8. The van der Waals surface area contributed by atoms with Crippen molar-refractivity contribution >= 4 is 36.8 Å². The number of hydrogen-bond donors (Lipinski definition) is 0. The number of likely N-dealkylation sites (tertiary alicyclic amines) is 2. The Balaban J connectivity index is 0.00000228. The zero-order valence-electron chi connectivity index (χ0n) is 20.8. The van der Waals surface area contributed by atoms with Gasteiger partial charge in [-0.1, -0.05) is 60.7 Å². The van der Waals surface area contributed by atoms with E-state index in [1.807, 2.05) is 12.1 Å². The maximum absolute atomic E-state index is 12.1. The quantitative estimate of drug-likeness (QED) is 0.359. The average molecular weight is 538 g/mol. The lowest BCUT2D eigenvalue weighted by atomic mass is 10.0. The van der Waals surface area contributed by atoms with E-state index in [9.17, 15) is 9.59 Å². The summed E-state index contributed by atoms with van der Waals surface area (Å²) in [5.74, 6) is -0.674. The minimum atomic E-state index is -0.337. The molecule has 2 fully saturated rings. The van der Waals surface area contributed by atoms with Crippen LogP contribution in [0.4, 0.5) is 0 Å². The first-order valence-electron chi connectivity index (χ1n) is 12.6. The van der Waals surface area contributed by atoms with E-state index in [4.69, 9.17) is 9.47 Å². The average Bonchev–Trinajstić information content (AvgIpc) is 3.54. The van der Waals surface area contributed by atoms with E-state index < -0.39 is 0 Å². The van der Waals surface area contributed by atoms with Gasteiger partial charge in [0.1, 0.15) is 13.2 Å². The summed E-state index contributed by atoms with van der Waals surface area (Å²) in [5, 5.41) is 0. The predicted octanol–water partition coefficient (Wildman–Crippen LogP) is 5.37. The van der Waals surface area contributed by atoms with Gasteiger partial charge in [-0.25, -0.2) is 0 Å². The normalized spacial score (nSPS) is 19.8. The van der Waals surface area contributed by atoms with E-state index in [1.165, 1.54) is 11.1 Å². The first kappa shape index (κ1) is 30.1. The lowest BCUT2D eigenvalue weighted by Crippen LogP contribution is -2.28. The molecule has 2 aromatic carbocycles. The van der Waals surface area contributed by atoms with Crippen LogP contribution in [-0.4, -0.2) is 61.1 Å². The smallest absolute Gasteiger partial charge is 0.306 e. The standard InChI is InChI=1S/C28H36N2O4.2ClH/c31-27(33-21-19-29-17-7-13-25(29)23-9-3-1-4-10-23)15-16-28(32)34-22-20-30-18-8-14-26(30)24-11-5-2-6-12-24;;/h1-6,9-12,25-26H,7-8,13-22H2;2*1H. The zero-order valence-corrected chi connectivity index (χ0v) is 22.4. The molecule has 6 nitrogen and oxygen atoms in total. The van der Waals surface area contributed by atoms with Crippen molar-refractivity contribution in [2.75, 3.05) is 39.4 Å². The Morgan fingerprint density at radius 1 is 0.667 bits per heavy atom. The molecule has 2 aromatic rings. The van der Waals surface area contributed by atoms with Gasteiger partial charge in [-0.05, 0) is 49.9 Å². The predicted molar refractivity (Wildman–Crippen MR) is 146 cm³/mol. The highest BCUT2D eigenvalue weighted by Gasteiger charge is 2.26. The molecule has 0 saturated carbocycles. The van der Waals surface area contributed by atoms with Gasteiger partial charge in [-0.2, -0.15) is 0 Å². The van der Waals surface area contributed by atoms with Gasteiger partial charge in [0.25, 0.3) is 0 Å². The van der Waals surface area contributed by atoms with E-state index in [0.717, 1.165) is 38.8 Å².